The van der Waals surface area contributed by atoms with Gasteiger partial charge in [0.05, 0.1) is 11.0 Å². The lowest BCUT2D eigenvalue weighted by Gasteiger charge is -2.06. The topological polar surface area (TPSA) is 56.0 Å². The summed E-state index contributed by atoms with van der Waals surface area (Å²) >= 11 is 0. The van der Waals surface area contributed by atoms with Gasteiger partial charge in [-0.25, -0.2) is 4.79 Å². The molecule has 0 fully saturated rings. The highest BCUT2D eigenvalue weighted by atomic mass is 16.2. The third-order valence-electron chi connectivity index (χ3n) is 3.93. The quantitative estimate of drug-likeness (QED) is 0.780. The van der Waals surface area contributed by atoms with E-state index in [2.05, 4.69) is 5.32 Å². The molecule has 0 spiro atoms. The van der Waals surface area contributed by atoms with E-state index in [1.54, 1.807) is 11.6 Å². The van der Waals surface area contributed by atoms with Crippen LogP contribution >= 0.6 is 0 Å². The molecule has 1 aromatic heterocycles. The summed E-state index contributed by atoms with van der Waals surface area (Å²) in [4.78, 5) is 24.4. The Hall–Kier alpha value is -2.82. The fourth-order valence-electron chi connectivity index (χ4n) is 2.71. The highest BCUT2D eigenvalue weighted by molar-refractivity contribution is 5.80. The number of aryl methyl sites for hydroxylation is 1. The molecule has 5 heteroatoms. The second-order valence-corrected chi connectivity index (χ2v) is 5.50. The first-order valence-corrected chi connectivity index (χ1v) is 7.61. The summed E-state index contributed by atoms with van der Waals surface area (Å²) < 4.78 is 3.07. The fourth-order valence-corrected chi connectivity index (χ4v) is 2.71. The molecule has 0 saturated carbocycles. The molecule has 0 radical (unpaired) electrons. The molecule has 3 aromatic rings. The van der Waals surface area contributed by atoms with Gasteiger partial charge in [0.1, 0.15) is 6.54 Å². The largest absolute Gasteiger partial charge is 0.354 e. The van der Waals surface area contributed by atoms with Crippen LogP contribution in [0.15, 0.2) is 59.4 Å². The van der Waals surface area contributed by atoms with Crippen molar-refractivity contribution in [2.45, 2.75) is 13.0 Å². The van der Waals surface area contributed by atoms with Gasteiger partial charge in [0.25, 0.3) is 0 Å². The summed E-state index contributed by atoms with van der Waals surface area (Å²) in [5.41, 5.74) is 2.60. The molecule has 0 aliphatic carbocycles. The zero-order chi connectivity index (χ0) is 16.2. The first-order valence-electron chi connectivity index (χ1n) is 7.61. The van der Waals surface area contributed by atoms with Crippen LogP contribution in [0.4, 0.5) is 0 Å². The van der Waals surface area contributed by atoms with Gasteiger partial charge >= 0.3 is 5.69 Å². The Morgan fingerprint density at radius 2 is 1.65 bits per heavy atom. The van der Waals surface area contributed by atoms with E-state index in [1.165, 1.54) is 10.1 Å². The van der Waals surface area contributed by atoms with Crippen molar-refractivity contribution in [3.05, 3.63) is 70.6 Å². The maximum Gasteiger partial charge on any atom is 0.329 e. The number of aromatic nitrogens is 2. The summed E-state index contributed by atoms with van der Waals surface area (Å²) in [6, 6.07) is 17.5. The lowest BCUT2D eigenvalue weighted by molar-refractivity contribution is -0.121. The second-order valence-electron chi connectivity index (χ2n) is 5.50. The predicted octanol–water partition coefficient (Wildman–Crippen LogP) is 1.70. The first kappa shape index (κ1) is 15.1. The molecule has 118 valence electrons. The SMILES string of the molecule is Cn1c(=O)n(CC(=O)NCCc2ccccc2)c2ccccc21. The molecule has 0 bridgehead atoms. The number of carbonyl (C=O) groups excluding carboxylic acids is 1. The Labute approximate surface area is 134 Å². The lowest BCUT2D eigenvalue weighted by atomic mass is 10.1. The van der Waals surface area contributed by atoms with Crippen LogP contribution in [0.1, 0.15) is 5.56 Å². The van der Waals surface area contributed by atoms with Gasteiger partial charge in [0, 0.05) is 13.6 Å². The molecule has 0 aliphatic heterocycles. The number of benzene rings is 2. The molecule has 0 unspecified atom stereocenters. The standard InChI is InChI=1S/C18H19N3O2/c1-20-15-9-5-6-10-16(15)21(18(20)23)13-17(22)19-12-11-14-7-3-2-4-8-14/h2-10H,11-13H2,1H3,(H,19,22). The minimum Gasteiger partial charge on any atom is -0.354 e. The second kappa shape index (κ2) is 6.52. The van der Waals surface area contributed by atoms with Crippen molar-refractivity contribution >= 4 is 16.9 Å². The zero-order valence-corrected chi connectivity index (χ0v) is 13.0. The summed E-state index contributed by atoms with van der Waals surface area (Å²) in [5, 5.41) is 2.87. The van der Waals surface area contributed by atoms with E-state index < -0.39 is 0 Å². The number of para-hydroxylation sites is 2. The van der Waals surface area contributed by atoms with Gasteiger partial charge < -0.3 is 5.32 Å². The van der Waals surface area contributed by atoms with Crippen LogP contribution in [0.3, 0.4) is 0 Å². The summed E-state index contributed by atoms with van der Waals surface area (Å²) in [6.45, 7) is 0.595. The Morgan fingerprint density at radius 1 is 1.00 bits per heavy atom. The van der Waals surface area contributed by atoms with Crippen LogP contribution in [-0.4, -0.2) is 21.6 Å². The fraction of sp³-hybridized carbons (Fsp3) is 0.222. The monoisotopic (exact) mass is 309 g/mol. The molecule has 0 atom stereocenters. The zero-order valence-electron chi connectivity index (χ0n) is 13.0. The van der Waals surface area contributed by atoms with E-state index in [4.69, 9.17) is 0 Å². The van der Waals surface area contributed by atoms with E-state index >= 15 is 0 Å². The normalized spacial score (nSPS) is 10.8. The van der Waals surface area contributed by atoms with Crippen molar-refractivity contribution in [1.29, 1.82) is 0 Å². The number of fused-ring (bicyclic) bond motifs is 1. The van der Waals surface area contributed by atoms with Crippen molar-refractivity contribution in [3.63, 3.8) is 0 Å². The van der Waals surface area contributed by atoms with Crippen LogP contribution in [0.2, 0.25) is 0 Å². The number of hydrogen-bond donors (Lipinski definition) is 1. The summed E-state index contributed by atoms with van der Waals surface area (Å²) in [6.07, 6.45) is 0.775. The van der Waals surface area contributed by atoms with Gasteiger partial charge in [0.2, 0.25) is 5.91 Å². The molecule has 23 heavy (non-hydrogen) atoms. The average molecular weight is 309 g/mol. The molecular weight excluding hydrogens is 290 g/mol. The minimum absolute atomic E-state index is 0.0367. The van der Waals surface area contributed by atoms with Gasteiger partial charge in [0.15, 0.2) is 0 Å². The molecule has 3 rings (SSSR count). The minimum atomic E-state index is -0.176. The van der Waals surface area contributed by atoms with E-state index in [9.17, 15) is 9.59 Å². The Morgan fingerprint density at radius 3 is 2.39 bits per heavy atom. The number of hydrogen-bond acceptors (Lipinski definition) is 2. The van der Waals surface area contributed by atoms with Crippen LogP contribution in [0.5, 0.6) is 0 Å². The smallest absolute Gasteiger partial charge is 0.329 e. The summed E-state index contributed by atoms with van der Waals surface area (Å²) in [7, 11) is 1.72. The van der Waals surface area contributed by atoms with Crippen molar-refractivity contribution in [2.24, 2.45) is 7.05 Å². The van der Waals surface area contributed by atoms with E-state index in [-0.39, 0.29) is 18.1 Å². The van der Waals surface area contributed by atoms with Crippen LogP contribution < -0.4 is 11.0 Å². The van der Waals surface area contributed by atoms with Crippen LogP contribution in [-0.2, 0) is 24.8 Å². The van der Waals surface area contributed by atoms with Crippen molar-refractivity contribution in [3.8, 4) is 0 Å². The number of imidazole rings is 1. The van der Waals surface area contributed by atoms with Gasteiger partial charge in [-0.3, -0.25) is 13.9 Å². The third-order valence-corrected chi connectivity index (χ3v) is 3.93. The van der Waals surface area contributed by atoms with Gasteiger partial charge in [-0.1, -0.05) is 42.5 Å². The number of nitrogens with zero attached hydrogens (tertiary/aromatic N) is 2. The molecule has 2 aromatic carbocycles. The highest BCUT2D eigenvalue weighted by Gasteiger charge is 2.12. The van der Waals surface area contributed by atoms with Crippen LogP contribution in [0.25, 0.3) is 11.0 Å². The van der Waals surface area contributed by atoms with Crippen molar-refractivity contribution < 1.29 is 4.79 Å². The van der Waals surface area contributed by atoms with Crippen LogP contribution in [0, 0.1) is 0 Å². The number of amides is 1. The van der Waals surface area contributed by atoms with Gasteiger partial charge in [-0.05, 0) is 24.1 Å². The maximum absolute atomic E-state index is 12.3. The molecular formula is C18H19N3O2. The van der Waals surface area contributed by atoms with Crippen molar-refractivity contribution in [2.75, 3.05) is 6.54 Å². The lowest BCUT2D eigenvalue weighted by Crippen LogP contribution is -2.33. The van der Waals surface area contributed by atoms with Crippen molar-refractivity contribution in [1.82, 2.24) is 14.5 Å². The predicted molar refractivity (Wildman–Crippen MR) is 90.3 cm³/mol. The van der Waals surface area contributed by atoms with Gasteiger partial charge in [-0.2, -0.15) is 0 Å². The molecule has 1 heterocycles. The molecule has 5 nitrogen and oxygen atoms in total. The summed E-state index contributed by atoms with van der Waals surface area (Å²) in [5.74, 6) is -0.153. The number of carbonyl (C=O) groups is 1. The van der Waals surface area contributed by atoms with Gasteiger partial charge in [-0.15, -0.1) is 0 Å². The molecule has 0 saturated heterocycles. The number of nitrogens with one attached hydrogen (secondary N) is 1. The molecule has 0 aliphatic rings. The van der Waals surface area contributed by atoms with E-state index in [0.717, 1.165) is 17.5 Å². The van der Waals surface area contributed by atoms with E-state index in [0.29, 0.717) is 6.54 Å². The average Bonchev–Trinajstić information content (AvgIpc) is 2.81. The Bertz CT molecular complexity index is 878. The Balaban J connectivity index is 1.67. The molecule has 1 N–H and O–H groups in total. The first-order chi connectivity index (χ1) is 11.2. The highest BCUT2D eigenvalue weighted by Crippen LogP contribution is 2.11. The number of rotatable bonds is 5. The third kappa shape index (κ3) is 3.18. The Kier molecular flexibility index (Phi) is 4.28. The van der Waals surface area contributed by atoms with E-state index in [1.807, 2.05) is 54.6 Å². The molecule has 1 amide bonds. The maximum atomic E-state index is 12.3.